The summed E-state index contributed by atoms with van der Waals surface area (Å²) in [6.07, 6.45) is 3.83. The Hall–Kier alpha value is -0.970. The van der Waals surface area contributed by atoms with Crippen molar-refractivity contribution in [1.29, 1.82) is 0 Å². The summed E-state index contributed by atoms with van der Waals surface area (Å²) in [5.74, 6) is 1.24. The largest absolute Gasteiger partial charge is 0.491 e. The maximum absolute atomic E-state index is 11.8. The molecule has 1 aromatic rings. The highest BCUT2D eigenvalue weighted by Crippen LogP contribution is 2.27. The lowest BCUT2D eigenvalue weighted by atomic mass is 9.96. The maximum Gasteiger partial charge on any atom is 0.223 e. The first-order valence-electron chi connectivity index (χ1n) is 7.70. The molecule has 0 spiro atoms. The van der Waals surface area contributed by atoms with Crippen molar-refractivity contribution in [3.05, 3.63) is 28.2 Å². The van der Waals surface area contributed by atoms with Crippen LogP contribution in [0.1, 0.15) is 25.7 Å². The molecule has 1 fully saturated rings. The van der Waals surface area contributed by atoms with Crippen LogP contribution in [0.15, 0.2) is 18.2 Å². The second-order valence-electron chi connectivity index (χ2n) is 5.52. The quantitative estimate of drug-likeness (QED) is 0.798. The molecule has 0 aromatic heterocycles. The minimum Gasteiger partial charge on any atom is -0.491 e. The lowest BCUT2D eigenvalue weighted by molar-refractivity contribution is -0.121. The molecule has 1 atom stereocenters. The summed E-state index contributed by atoms with van der Waals surface area (Å²) in [7, 11) is 0. The van der Waals surface area contributed by atoms with Crippen LogP contribution >= 0.6 is 23.2 Å². The van der Waals surface area contributed by atoms with Crippen LogP contribution < -0.4 is 15.4 Å². The van der Waals surface area contributed by atoms with Crippen LogP contribution in [0.5, 0.6) is 5.75 Å². The van der Waals surface area contributed by atoms with Gasteiger partial charge in [-0.1, -0.05) is 23.2 Å². The van der Waals surface area contributed by atoms with Crippen molar-refractivity contribution < 1.29 is 9.53 Å². The third-order valence-corrected chi connectivity index (χ3v) is 4.28. The third-order valence-electron chi connectivity index (χ3n) is 3.75. The Kier molecular flexibility index (Phi) is 7.30. The van der Waals surface area contributed by atoms with Gasteiger partial charge >= 0.3 is 0 Å². The predicted molar refractivity (Wildman–Crippen MR) is 89.8 cm³/mol. The summed E-state index contributed by atoms with van der Waals surface area (Å²) < 4.78 is 5.50. The fourth-order valence-corrected chi connectivity index (χ4v) is 2.98. The van der Waals surface area contributed by atoms with E-state index in [0.717, 1.165) is 26.1 Å². The molecule has 0 saturated carbocycles. The second kappa shape index (κ2) is 9.23. The van der Waals surface area contributed by atoms with Crippen LogP contribution in [0.3, 0.4) is 0 Å². The van der Waals surface area contributed by atoms with E-state index in [9.17, 15) is 4.79 Å². The Morgan fingerprint density at radius 2 is 2.27 bits per heavy atom. The number of ether oxygens (including phenoxy) is 1. The SMILES string of the molecule is O=C(CCOc1ccc(Cl)cc1Cl)NCCC1CCCNC1. The Labute approximate surface area is 141 Å². The molecule has 2 rings (SSSR count). The average molecular weight is 345 g/mol. The highest BCUT2D eigenvalue weighted by molar-refractivity contribution is 6.35. The molecule has 6 heteroatoms. The molecule has 22 heavy (non-hydrogen) atoms. The van der Waals surface area contributed by atoms with Crippen LogP contribution in [0.25, 0.3) is 0 Å². The van der Waals surface area contributed by atoms with Crippen molar-refractivity contribution in [3.63, 3.8) is 0 Å². The van der Waals surface area contributed by atoms with Gasteiger partial charge in [-0.05, 0) is 56.5 Å². The third kappa shape index (κ3) is 6.03. The zero-order chi connectivity index (χ0) is 15.8. The van der Waals surface area contributed by atoms with Gasteiger partial charge in [0.25, 0.3) is 0 Å². The van der Waals surface area contributed by atoms with Crippen molar-refractivity contribution in [2.24, 2.45) is 5.92 Å². The minimum absolute atomic E-state index is 0.00820. The zero-order valence-electron chi connectivity index (χ0n) is 12.5. The molecule has 4 nitrogen and oxygen atoms in total. The molecular formula is C16H22Cl2N2O2. The van der Waals surface area contributed by atoms with Crippen molar-refractivity contribution >= 4 is 29.1 Å². The van der Waals surface area contributed by atoms with E-state index in [0.29, 0.717) is 34.7 Å². The van der Waals surface area contributed by atoms with Gasteiger partial charge in [0.15, 0.2) is 0 Å². The van der Waals surface area contributed by atoms with Crippen LogP contribution in [0.2, 0.25) is 10.0 Å². The highest BCUT2D eigenvalue weighted by atomic mass is 35.5. The number of amides is 1. The average Bonchev–Trinajstić information content (AvgIpc) is 2.50. The number of nitrogens with one attached hydrogen (secondary N) is 2. The van der Waals surface area contributed by atoms with Crippen molar-refractivity contribution in [2.45, 2.75) is 25.7 Å². The topological polar surface area (TPSA) is 50.4 Å². The first kappa shape index (κ1) is 17.4. The lowest BCUT2D eigenvalue weighted by Crippen LogP contribution is -2.33. The normalized spacial score (nSPS) is 18.0. The molecule has 122 valence electrons. The van der Waals surface area contributed by atoms with Gasteiger partial charge in [-0.3, -0.25) is 4.79 Å². The molecule has 0 aliphatic carbocycles. The monoisotopic (exact) mass is 344 g/mol. The molecular weight excluding hydrogens is 323 g/mol. The summed E-state index contributed by atoms with van der Waals surface area (Å²) in [5.41, 5.74) is 0. The van der Waals surface area contributed by atoms with Gasteiger partial charge in [-0.15, -0.1) is 0 Å². The number of carbonyl (C=O) groups excluding carboxylic acids is 1. The van der Waals surface area contributed by atoms with Gasteiger partial charge < -0.3 is 15.4 Å². The molecule has 0 bridgehead atoms. The molecule has 1 amide bonds. The van der Waals surface area contributed by atoms with Crippen molar-refractivity contribution in [3.8, 4) is 5.75 Å². The molecule has 1 aliphatic rings. The molecule has 1 aliphatic heterocycles. The summed E-state index contributed by atoms with van der Waals surface area (Å²) in [6, 6.07) is 5.04. The van der Waals surface area contributed by atoms with Gasteiger partial charge in [0.05, 0.1) is 18.1 Å². The lowest BCUT2D eigenvalue weighted by Gasteiger charge is -2.22. The number of benzene rings is 1. The van der Waals surface area contributed by atoms with Gasteiger partial charge in [0.2, 0.25) is 5.91 Å². The Bertz CT molecular complexity index is 491. The number of hydrogen-bond donors (Lipinski definition) is 2. The molecule has 1 unspecified atom stereocenters. The molecule has 1 heterocycles. The predicted octanol–water partition coefficient (Wildman–Crippen LogP) is 3.27. The standard InChI is InChI=1S/C16H22Cl2N2O2/c17-13-3-4-15(14(18)10-13)22-9-6-16(21)20-8-5-12-2-1-7-19-11-12/h3-4,10,12,19H,1-2,5-9,11H2,(H,20,21). The van der Waals surface area contributed by atoms with Crippen LogP contribution in [0.4, 0.5) is 0 Å². The fraction of sp³-hybridized carbons (Fsp3) is 0.562. The van der Waals surface area contributed by atoms with Gasteiger partial charge in [-0.25, -0.2) is 0 Å². The molecule has 1 saturated heterocycles. The van der Waals surface area contributed by atoms with Crippen LogP contribution in [-0.4, -0.2) is 32.1 Å². The number of hydrogen-bond acceptors (Lipinski definition) is 3. The highest BCUT2D eigenvalue weighted by Gasteiger charge is 2.12. The smallest absolute Gasteiger partial charge is 0.223 e. The van der Waals surface area contributed by atoms with Gasteiger partial charge in [-0.2, -0.15) is 0 Å². The van der Waals surface area contributed by atoms with E-state index in [1.54, 1.807) is 18.2 Å². The summed E-state index contributed by atoms with van der Waals surface area (Å²) >= 11 is 11.8. The minimum atomic E-state index is 0.00820. The molecule has 2 N–H and O–H groups in total. The number of carbonyl (C=O) groups is 1. The van der Waals surface area contributed by atoms with E-state index in [2.05, 4.69) is 10.6 Å². The maximum atomic E-state index is 11.8. The number of halogens is 2. The summed E-state index contributed by atoms with van der Waals surface area (Å²) in [4.78, 5) is 11.8. The van der Waals surface area contributed by atoms with E-state index in [4.69, 9.17) is 27.9 Å². The first-order chi connectivity index (χ1) is 10.6. The van der Waals surface area contributed by atoms with E-state index < -0.39 is 0 Å². The molecule has 1 aromatic carbocycles. The molecule has 0 radical (unpaired) electrons. The van der Waals surface area contributed by atoms with E-state index >= 15 is 0 Å². The first-order valence-corrected chi connectivity index (χ1v) is 8.46. The van der Waals surface area contributed by atoms with E-state index in [-0.39, 0.29) is 5.91 Å². The zero-order valence-corrected chi connectivity index (χ0v) is 14.1. The second-order valence-corrected chi connectivity index (χ2v) is 6.37. The Balaban J connectivity index is 1.59. The van der Waals surface area contributed by atoms with E-state index in [1.807, 2.05) is 0 Å². The number of rotatable bonds is 7. The van der Waals surface area contributed by atoms with Crippen LogP contribution in [-0.2, 0) is 4.79 Å². The summed E-state index contributed by atoms with van der Waals surface area (Å²) in [6.45, 7) is 3.21. The van der Waals surface area contributed by atoms with Crippen molar-refractivity contribution in [1.82, 2.24) is 10.6 Å². The van der Waals surface area contributed by atoms with E-state index in [1.165, 1.54) is 12.8 Å². The van der Waals surface area contributed by atoms with Gasteiger partial charge in [0, 0.05) is 11.6 Å². The Morgan fingerprint density at radius 1 is 1.41 bits per heavy atom. The van der Waals surface area contributed by atoms with Crippen molar-refractivity contribution in [2.75, 3.05) is 26.2 Å². The Morgan fingerprint density at radius 3 is 3.00 bits per heavy atom. The summed E-state index contributed by atoms with van der Waals surface area (Å²) in [5, 5.41) is 7.34. The van der Waals surface area contributed by atoms with Crippen LogP contribution in [0, 0.1) is 5.92 Å². The fourth-order valence-electron chi connectivity index (χ4n) is 2.52. The van der Waals surface area contributed by atoms with Gasteiger partial charge in [0.1, 0.15) is 5.75 Å². The number of piperidine rings is 1.